The molecule has 0 saturated carbocycles. The molecule has 2 N–H and O–H groups in total. The number of carbonyl (C=O) groups is 1. The second kappa shape index (κ2) is 7.92. The summed E-state index contributed by atoms with van der Waals surface area (Å²) >= 11 is 0. The van der Waals surface area contributed by atoms with Crippen LogP contribution in [-0.4, -0.2) is 28.0 Å². The van der Waals surface area contributed by atoms with Crippen LogP contribution in [0.25, 0.3) is 0 Å². The molecule has 2 aromatic rings. The minimum Gasteiger partial charge on any atom is -0.497 e. The molecule has 0 aliphatic rings. The molecule has 136 valence electrons. The Morgan fingerprint density at radius 1 is 1.15 bits per heavy atom. The summed E-state index contributed by atoms with van der Waals surface area (Å²) in [5.74, 6) is -0.535. The van der Waals surface area contributed by atoms with E-state index >= 15 is 0 Å². The number of aliphatic carboxylic acids is 1. The number of nitro benzene ring substituents is 2. The summed E-state index contributed by atoms with van der Waals surface area (Å²) in [7, 11) is 1.49. The number of hydrogen-bond donors (Lipinski definition) is 2. The van der Waals surface area contributed by atoms with Crippen LogP contribution in [0.15, 0.2) is 42.5 Å². The molecule has 0 radical (unpaired) electrons. The van der Waals surface area contributed by atoms with Gasteiger partial charge in [-0.1, -0.05) is 12.1 Å². The van der Waals surface area contributed by atoms with Gasteiger partial charge in [-0.25, -0.2) is 0 Å². The van der Waals surface area contributed by atoms with Crippen molar-refractivity contribution < 1.29 is 24.5 Å². The molecule has 0 fully saturated rings. The zero-order chi connectivity index (χ0) is 19.3. The van der Waals surface area contributed by atoms with Gasteiger partial charge < -0.3 is 15.2 Å². The van der Waals surface area contributed by atoms with Crippen LogP contribution in [0.1, 0.15) is 18.0 Å². The van der Waals surface area contributed by atoms with E-state index in [0.29, 0.717) is 11.3 Å². The Bertz CT molecular complexity index is 836. The third-order valence-electron chi connectivity index (χ3n) is 3.62. The van der Waals surface area contributed by atoms with Gasteiger partial charge in [-0.05, 0) is 23.8 Å². The molecule has 0 aliphatic carbocycles. The van der Waals surface area contributed by atoms with Crippen molar-refractivity contribution in [3.05, 3.63) is 68.3 Å². The van der Waals surface area contributed by atoms with Crippen molar-refractivity contribution in [1.29, 1.82) is 0 Å². The zero-order valence-electron chi connectivity index (χ0n) is 13.6. The summed E-state index contributed by atoms with van der Waals surface area (Å²) in [5, 5.41) is 34.0. The second-order valence-corrected chi connectivity index (χ2v) is 5.28. The summed E-state index contributed by atoms with van der Waals surface area (Å²) in [6, 6.07) is 8.89. The Labute approximate surface area is 147 Å². The molecule has 10 heteroatoms. The highest BCUT2D eigenvalue weighted by atomic mass is 16.6. The number of anilines is 1. The number of non-ortho nitro benzene ring substituents is 1. The molecule has 2 aromatic carbocycles. The van der Waals surface area contributed by atoms with Crippen LogP contribution in [0.4, 0.5) is 17.1 Å². The molecule has 1 unspecified atom stereocenters. The number of methoxy groups -OCH3 is 1. The zero-order valence-corrected chi connectivity index (χ0v) is 13.6. The number of hydrogen-bond acceptors (Lipinski definition) is 7. The summed E-state index contributed by atoms with van der Waals surface area (Å²) < 4.78 is 5.04. The van der Waals surface area contributed by atoms with E-state index in [4.69, 9.17) is 9.84 Å². The number of carboxylic acid groups (broad SMARTS) is 1. The smallest absolute Gasteiger partial charge is 0.305 e. The van der Waals surface area contributed by atoms with Gasteiger partial charge in [0.25, 0.3) is 11.4 Å². The van der Waals surface area contributed by atoms with Crippen LogP contribution in [0.5, 0.6) is 5.75 Å². The molecule has 2 rings (SSSR count). The van der Waals surface area contributed by atoms with E-state index in [2.05, 4.69) is 5.32 Å². The van der Waals surface area contributed by atoms with Gasteiger partial charge in [-0.3, -0.25) is 25.0 Å². The molecule has 1 atom stereocenters. The van der Waals surface area contributed by atoms with Crippen molar-refractivity contribution in [2.75, 3.05) is 12.4 Å². The molecule has 0 heterocycles. The van der Waals surface area contributed by atoms with Crippen LogP contribution in [0, 0.1) is 20.2 Å². The molecule has 0 bridgehead atoms. The highest BCUT2D eigenvalue weighted by molar-refractivity contribution is 5.71. The number of ether oxygens (including phenoxy) is 1. The minimum atomic E-state index is -1.11. The maximum absolute atomic E-state index is 11.2. The summed E-state index contributed by atoms with van der Waals surface area (Å²) in [6.07, 6.45) is -0.347. The normalized spacial score (nSPS) is 11.4. The highest BCUT2D eigenvalue weighted by Crippen LogP contribution is 2.33. The van der Waals surface area contributed by atoms with E-state index in [1.807, 2.05) is 0 Å². The number of carboxylic acids is 1. The first kappa shape index (κ1) is 18.6. The molecular formula is C16H15N3O7. The Morgan fingerprint density at radius 3 is 2.31 bits per heavy atom. The van der Waals surface area contributed by atoms with Crippen LogP contribution < -0.4 is 10.1 Å². The van der Waals surface area contributed by atoms with E-state index in [-0.39, 0.29) is 12.1 Å². The van der Waals surface area contributed by atoms with Crippen molar-refractivity contribution in [3.63, 3.8) is 0 Å². The van der Waals surface area contributed by atoms with Gasteiger partial charge in [0.2, 0.25) is 0 Å². The Balaban J connectivity index is 2.39. The van der Waals surface area contributed by atoms with Gasteiger partial charge in [-0.2, -0.15) is 0 Å². The summed E-state index contributed by atoms with van der Waals surface area (Å²) in [6.45, 7) is 0. The average Bonchev–Trinajstić information content (AvgIpc) is 2.60. The van der Waals surface area contributed by atoms with Crippen LogP contribution in [-0.2, 0) is 4.79 Å². The monoisotopic (exact) mass is 361 g/mol. The van der Waals surface area contributed by atoms with Gasteiger partial charge in [0.15, 0.2) is 0 Å². The number of nitrogens with zero attached hydrogens (tertiary/aromatic N) is 2. The molecule has 0 amide bonds. The average molecular weight is 361 g/mol. The maximum Gasteiger partial charge on any atom is 0.305 e. The quantitative estimate of drug-likeness (QED) is 0.539. The highest BCUT2D eigenvalue weighted by Gasteiger charge is 2.23. The first-order valence-corrected chi connectivity index (χ1v) is 7.37. The fraction of sp³-hybridized carbons (Fsp3) is 0.188. The maximum atomic E-state index is 11.2. The lowest BCUT2D eigenvalue weighted by Crippen LogP contribution is -2.16. The molecule has 0 saturated heterocycles. The lowest BCUT2D eigenvalue weighted by atomic mass is 10.0. The van der Waals surface area contributed by atoms with Crippen molar-refractivity contribution in [1.82, 2.24) is 0 Å². The van der Waals surface area contributed by atoms with E-state index in [1.165, 1.54) is 13.2 Å². The SMILES string of the molecule is COc1ccc(C(CC(=O)O)Nc2ccc([N+](=O)[O-])cc2[N+](=O)[O-])cc1. The second-order valence-electron chi connectivity index (χ2n) is 5.28. The molecular weight excluding hydrogens is 346 g/mol. The third kappa shape index (κ3) is 4.44. The van der Waals surface area contributed by atoms with Crippen LogP contribution in [0.3, 0.4) is 0 Å². The van der Waals surface area contributed by atoms with E-state index in [9.17, 15) is 25.0 Å². The lowest BCUT2D eigenvalue weighted by Gasteiger charge is -2.19. The van der Waals surface area contributed by atoms with E-state index < -0.39 is 33.2 Å². The predicted octanol–water partition coefficient (Wildman–Crippen LogP) is 3.14. The van der Waals surface area contributed by atoms with Crippen molar-refractivity contribution in [2.24, 2.45) is 0 Å². The van der Waals surface area contributed by atoms with Crippen molar-refractivity contribution in [3.8, 4) is 5.75 Å². The summed E-state index contributed by atoms with van der Waals surface area (Å²) in [5.41, 5.74) is -0.381. The first-order chi connectivity index (χ1) is 12.3. The van der Waals surface area contributed by atoms with E-state index in [1.54, 1.807) is 24.3 Å². The Hall–Kier alpha value is -3.69. The Morgan fingerprint density at radius 2 is 1.81 bits per heavy atom. The van der Waals surface area contributed by atoms with Gasteiger partial charge in [0.05, 0.1) is 35.5 Å². The number of nitrogens with one attached hydrogen (secondary N) is 1. The first-order valence-electron chi connectivity index (χ1n) is 7.37. The minimum absolute atomic E-state index is 0.0114. The van der Waals surface area contributed by atoms with Crippen LogP contribution >= 0.6 is 0 Å². The Kier molecular flexibility index (Phi) is 5.68. The summed E-state index contributed by atoms with van der Waals surface area (Å²) in [4.78, 5) is 31.7. The number of benzene rings is 2. The van der Waals surface area contributed by atoms with Crippen LogP contribution in [0.2, 0.25) is 0 Å². The molecule has 0 spiro atoms. The molecule has 0 aliphatic heterocycles. The van der Waals surface area contributed by atoms with Gasteiger partial charge in [0, 0.05) is 6.07 Å². The van der Waals surface area contributed by atoms with Gasteiger partial charge in [0.1, 0.15) is 11.4 Å². The van der Waals surface area contributed by atoms with Crippen molar-refractivity contribution in [2.45, 2.75) is 12.5 Å². The van der Waals surface area contributed by atoms with Gasteiger partial charge >= 0.3 is 5.97 Å². The third-order valence-corrected chi connectivity index (χ3v) is 3.62. The topological polar surface area (TPSA) is 145 Å². The standard InChI is InChI=1S/C16H15N3O7/c1-26-12-5-2-10(3-6-12)14(9-16(20)21)17-13-7-4-11(18(22)23)8-15(13)19(24)25/h2-8,14,17H,9H2,1H3,(H,20,21). The van der Waals surface area contributed by atoms with Crippen molar-refractivity contribution >= 4 is 23.0 Å². The number of nitro groups is 2. The van der Waals surface area contributed by atoms with Gasteiger partial charge in [-0.15, -0.1) is 0 Å². The molecule has 10 nitrogen and oxygen atoms in total. The lowest BCUT2D eigenvalue weighted by molar-refractivity contribution is -0.393. The molecule has 26 heavy (non-hydrogen) atoms. The molecule has 0 aromatic heterocycles. The predicted molar refractivity (Wildman–Crippen MR) is 91.4 cm³/mol. The number of rotatable bonds is 8. The largest absolute Gasteiger partial charge is 0.497 e. The van der Waals surface area contributed by atoms with E-state index in [0.717, 1.165) is 12.1 Å². The fourth-order valence-electron chi connectivity index (χ4n) is 2.36. The fourth-order valence-corrected chi connectivity index (χ4v) is 2.36.